The van der Waals surface area contributed by atoms with Gasteiger partial charge in [-0.2, -0.15) is 0 Å². The summed E-state index contributed by atoms with van der Waals surface area (Å²) >= 11 is 0. The fourth-order valence-corrected chi connectivity index (χ4v) is 3.41. The number of carboxylic acids is 1. The van der Waals surface area contributed by atoms with Gasteiger partial charge in [-0.05, 0) is 67.3 Å². The van der Waals surface area contributed by atoms with Gasteiger partial charge in [0.25, 0.3) is 5.91 Å². The Hall–Kier alpha value is -3.48. The quantitative estimate of drug-likeness (QED) is 0.394. The van der Waals surface area contributed by atoms with Crippen LogP contribution in [0.1, 0.15) is 62.4 Å². The number of carbonyl (C=O) groups is 2. The van der Waals surface area contributed by atoms with Gasteiger partial charge in [0.05, 0.1) is 20.6 Å². The van der Waals surface area contributed by atoms with Crippen LogP contribution in [-0.4, -0.2) is 49.7 Å². The van der Waals surface area contributed by atoms with E-state index in [1.54, 1.807) is 45.5 Å². The van der Waals surface area contributed by atoms with Gasteiger partial charge >= 0.3 is 5.97 Å². The lowest BCUT2D eigenvalue weighted by Gasteiger charge is -2.15. The lowest BCUT2D eigenvalue weighted by atomic mass is 9.96. The van der Waals surface area contributed by atoms with Gasteiger partial charge in [0.2, 0.25) is 0 Å². The summed E-state index contributed by atoms with van der Waals surface area (Å²) in [5, 5.41) is 8.50. The van der Waals surface area contributed by atoms with E-state index in [1.165, 1.54) is 23.3 Å². The predicted octanol–water partition coefficient (Wildman–Crippen LogP) is 5.75. The summed E-state index contributed by atoms with van der Waals surface area (Å²) in [6.07, 6.45) is 5.84. The first-order valence-corrected chi connectivity index (χ1v) is 11.9. The molecule has 0 aliphatic carbocycles. The van der Waals surface area contributed by atoms with Crippen molar-refractivity contribution in [3.8, 4) is 11.5 Å². The zero-order valence-electron chi connectivity index (χ0n) is 21.8. The van der Waals surface area contributed by atoms with Crippen LogP contribution in [0.5, 0.6) is 11.5 Å². The Morgan fingerprint density at radius 1 is 1.06 bits per heavy atom. The second-order valence-corrected chi connectivity index (χ2v) is 8.36. The molecule has 2 rings (SSSR count). The van der Waals surface area contributed by atoms with E-state index in [0.29, 0.717) is 11.3 Å². The van der Waals surface area contributed by atoms with Gasteiger partial charge in [-0.3, -0.25) is 9.59 Å². The van der Waals surface area contributed by atoms with Crippen LogP contribution < -0.4 is 15.2 Å². The number of allylic oxidation sites excluding steroid dienone is 2. The largest absolute Gasteiger partial charge is 0.497 e. The van der Waals surface area contributed by atoms with Crippen molar-refractivity contribution in [3.05, 3.63) is 59.7 Å². The Morgan fingerprint density at radius 2 is 1.69 bits per heavy atom. The molecular formula is C28H40N2O5. The monoisotopic (exact) mass is 484 g/mol. The molecule has 0 heterocycles. The third kappa shape index (κ3) is 10.1. The van der Waals surface area contributed by atoms with Gasteiger partial charge in [-0.15, -0.1) is 0 Å². The topological polar surface area (TPSA) is 102 Å². The second-order valence-electron chi connectivity index (χ2n) is 8.36. The molecule has 192 valence electrons. The first kappa shape index (κ1) is 29.6. The number of nitrogen functional groups attached to an aromatic ring is 1. The van der Waals surface area contributed by atoms with Crippen LogP contribution in [0.4, 0.5) is 5.69 Å². The molecule has 0 saturated heterocycles. The Bertz CT molecular complexity index is 966. The van der Waals surface area contributed by atoms with Crippen LogP contribution in [0.2, 0.25) is 0 Å². The molecule has 3 N–H and O–H groups in total. The molecule has 0 bridgehead atoms. The third-order valence-corrected chi connectivity index (χ3v) is 5.91. The van der Waals surface area contributed by atoms with Crippen LogP contribution in [0, 0.1) is 5.92 Å². The number of rotatable bonds is 11. The summed E-state index contributed by atoms with van der Waals surface area (Å²) in [6.45, 7) is 6.84. The van der Waals surface area contributed by atoms with Gasteiger partial charge < -0.3 is 25.2 Å². The molecule has 2 aromatic rings. The fourth-order valence-electron chi connectivity index (χ4n) is 3.41. The van der Waals surface area contributed by atoms with Gasteiger partial charge in [0, 0.05) is 30.4 Å². The molecule has 7 heteroatoms. The highest BCUT2D eigenvalue weighted by Crippen LogP contribution is 2.30. The minimum Gasteiger partial charge on any atom is -0.497 e. The van der Waals surface area contributed by atoms with E-state index in [9.17, 15) is 9.59 Å². The Kier molecular flexibility index (Phi) is 13.0. The molecule has 0 saturated carbocycles. The maximum absolute atomic E-state index is 11.8. The summed E-state index contributed by atoms with van der Waals surface area (Å²) < 4.78 is 10.7. The van der Waals surface area contributed by atoms with Crippen molar-refractivity contribution < 1.29 is 24.2 Å². The van der Waals surface area contributed by atoms with Crippen LogP contribution >= 0.6 is 0 Å². The summed E-state index contributed by atoms with van der Waals surface area (Å²) in [5.41, 5.74) is 8.96. The molecule has 7 nitrogen and oxygen atoms in total. The number of nitrogens with zero attached hydrogens (tertiary/aromatic N) is 1. The minimum atomic E-state index is -0.919. The molecule has 0 aliphatic rings. The standard InChI is InChI=1S/C17H26O2.C11H14N2O3/c1-6-14(7-2)9-8-13(3)16-12-15(18-4)10-11-17(16)19-5;1-13(7-6-10(14)15)11(16)8-2-4-9(12)5-3-8/h8,10-12,14H,6-7,9H2,1-5H3;2-5H,6-7,12H2,1H3,(H,14,15)/b13-8+;. The molecule has 0 spiro atoms. The van der Waals surface area contributed by atoms with Crippen molar-refractivity contribution in [2.75, 3.05) is 33.5 Å². The maximum Gasteiger partial charge on any atom is 0.305 e. The number of hydrogen-bond donors (Lipinski definition) is 2. The normalized spacial score (nSPS) is 10.9. The highest BCUT2D eigenvalue weighted by molar-refractivity contribution is 5.94. The second kappa shape index (κ2) is 15.4. The van der Waals surface area contributed by atoms with Crippen LogP contribution in [0.3, 0.4) is 0 Å². The first-order chi connectivity index (χ1) is 16.7. The van der Waals surface area contributed by atoms with Crippen molar-refractivity contribution in [2.24, 2.45) is 5.92 Å². The number of carboxylic acid groups (broad SMARTS) is 1. The summed E-state index contributed by atoms with van der Waals surface area (Å²) in [6, 6.07) is 12.4. The molecule has 1 amide bonds. The van der Waals surface area contributed by atoms with E-state index in [2.05, 4.69) is 26.8 Å². The van der Waals surface area contributed by atoms with Crippen LogP contribution in [0.15, 0.2) is 48.5 Å². The Morgan fingerprint density at radius 3 is 2.20 bits per heavy atom. The molecule has 0 aliphatic heterocycles. The van der Waals surface area contributed by atoms with Crippen molar-refractivity contribution in [3.63, 3.8) is 0 Å². The first-order valence-electron chi connectivity index (χ1n) is 11.9. The molecule has 0 atom stereocenters. The number of benzene rings is 2. The average Bonchev–Trinajstić information content (AvgIpc) is 2.87. The van der Waals surface area contributed by atoms with E-state index in [4.69, 9.17) is 20.3 Å². The smallest absolute Gasteiger partial charge is 0.305 e. The van der Waals surface area contributed by atoms with Gasteiger partial charge in [0.15, 0.2) is 0 Å². The molecule has 2 aromatic carbocycles. The van der Waals surface area contributed by atoms with Gasteiger partial charge in [0.1, 0.15) is 11.5 Å². The minimum absolute atomic E-state index is 0.0583. The third-order valence-electron chi connectivity index (χ3n) is 5.91. The fraction of sp³-hybridized carbons (Fsp3) is 0.429. The van der Waals surface area contributed by atoms with E-state index in [1.807, 2.05) is 18.2 Å². The highest BCUT2D eigenvalue weighted by Gasteiger charge is 2.12. The van der Waals surface area contributed by atoms with E-state index < -0.39 is 5.97 Å². The molecule has 0 aromatic heterocycles. The molecule has 35 heavy (non-hydrogen) atoms. The number of hydrogen-bond acceptors (Lipinski definition) is 5. The SMILES string of the molecule is CCC(CC)C/C=C(\C)c1cc(OC)ccc1OC.CN(CCC(=O)O)C(=O)c1ccc(N)cc1. The number of nitrogens with two attached hydrogens (primary N) is 1. The number of carbonyl (C=O) groups excluding carboxylic acids is 1. The van der Waals surface area contributed by atoms with E-state index in [-0.39, 0.29) is 18.9 Å². The highest BCUT2D eigenvalue weighted by atomic mass is 16.5. The molecule has 0 radical (unpaired) electrons. The zero-order chi connectivity index (χ0) is 26.4. The van der Waals surface area contributed by atoms with Crippen molar-refractivity contribution in [2.45, 2.75) is 46.5 Å². The molecule has 0 fully saturated rings. The van der Waals surface area contributed by atoms with Crippen molar-refractivity contribution in [1.82, 2.24) is 4.90 Å². The van der Waals surface area contributed by atoms with Gasteiger partial charge in [-0.1, -0.05) is 32.8 Å². The maximum atomic E-state index is 11.8. The number of aliphatic carboxylic acids is 1. The van der Waals surface area contributed by atoms with Gasteiger partial charge in [-0.25, -0.2) is 0 Å². The van der Waals surface area contributed by atoms with Crippen LogP contribution in [0.25, 0.3) is 5.57 Å². The van der Waals surface area contributed by atoms with E-state index >= 15 is 0 Å². The number of anilines is 1. The van der Waals surface area contributed by atoms with E-state index in [0.717, 1.165) is 29.4 Å². The molecule has 0 unspecified atom stereocenters. The number of ether oxygens (including phenoxy) is 2. The van der Waals surface area contributed by atoms with Crippen molar-refractivity contribution in [1.29, 1.82) is 0 Å². The lowest BCUT2D eigenvalue weighted by Crippen LogP contribution is -2.28. The summed E-state index contributed by atoms with van der Waals surface area (Å²) in [7, 11) is 4.97. The summed E-state index contributed by atoms with van der Waals surface area (Å²) in [5.74, 6) is 1.41. The predicted molar refractivity (Wildman–Crippen MR) is 142 cm³/mol. The lowest BCUT2D eigenvalue weighted by molar-refractivity contribution is -0.137. The Balaban J connectivity index is 0.000000355. The van der Waals surface area contributed by atoms with Crippen molar-refractivity contribution >= 4 is 23.1 Å². The average molecular weight is 485 g/mol. The van der Waals surface area contributed by atoms with Crippen LogP contribution in [-0.2, 0) is 4.79 Å². The number of methoxy groups -OCH3 is 2. The number of amides is 1. The zero-order valence-corrected chi connectivity index (χ0v) is 21.8. The molecular weight excluding hydrogens is 444 g/mol. The Labute approximate surface area is 209 Å². The summed E-state index contributed by atoms with van der Waals surface area (Å²) in [4.78, 5) is 23.5.